The van der Waals surface area contributed by atoms with Crippen molar-refractivity contribution < 1.29 is 9.53 Å². The fourth-order valence-electron chi connectivity index (χ4n) is 0.706. The van der Waals surface area contributed by atoms with Gasteiger partial charge in [0, 0.05) is 20.6 Å². The molecular weight excluding hydrogens is 162 g/mol. The maximum Gasteiger partial charge on any atom is 0.219 e. The Hall–Kier alpha value is -0.220. The molecule has 0 saturated carbocycles. The molecule has 0 rings (SSSR count). The van der Waals surface area contributed by atoms with Crippen LogP contribution in [-0.4, -0.2) is 31.8 Å². The molecular formula is C7H15NO2S. The lowest BCUT2D eigenvalue weighted by molar-refractivity contribution is -0.121. The van der Waals surface area contributed by atoms with Gasteiger partial charge in [0.1, 0.15) is 5.44 Å². The lowest BCUT2D eigenvalue weighted by Gasteiger charge is -2.10. The smallest absolute Gasteiger partial charge is 0.219 e. The van der Waals surface area contributed by atoms with E-state index < -0.39 is 0 Å². The Morgan fingerprint density at radius 3 is 2.73 bits per heavy atom. The number of hydrogen-bond donors (Lipinski definition) is 1. The molecule has 66 valence electrons. The van der Waals surface area contributed by atoms with Gasteiger partial charge in [-0.15, -0.1) is 11.8 Å². The highest BCUT2D eigenvalue weighted by atomic mass is 32.2. The quantitative estimate of drug-likeness (QED) is 0.633. The minimum atomic E-state index is 0.0705. The van der Waals surface area contributed by atoms with Crippen molar-refractivity contribution in [1.29, 1.82) is 0 Å². The van der Waals surface area contributed by atoms with Crippen molar-refractivity contribution in [3.63, 3.8) is 0 Å². The van der Waals surface area contributed by atoms with Crippen LogP contribution in [0.5, 0.6) is 0 Å². The highest BCUT2D eigenvalue weighted by molar-refractivity contribution is 7.99. The molecule has 0 aromatic heterocycles. The van der Waals surface area contributed by atoms with Gasteiger partial charge in [-0.2, -0.15) is 0 Å². The Morgan fingerprint density at radius 1 is 1.73 bits per heavy atom. The number of nitrogens with one attached hydrogen (secondary N) is 1. The predicted octanol–water partition coefficient (Wildman–Crippen LogP) is 0.848. The monoisotopic (exact) mass is 177 g/mol. The Kier molecular flexibility index (Phi) is 6.36. The molecule has 0 spiro atoms. The minimum Gasteiger partial charge on any atom is -0.371 e. The van der Waals surface area contributed by atoms with Crippen LogP contribution < -0.4 is 5.32 Å². The molecule has 0 aromatic carbocycles. The normalized spacial score (nSPS) is 12.6. The summed E-state index contributed by atoms with van der Waals surface area (Å²) in [6.45, 7) is 0. The van der Waals surface area contributed by atoms with Gasteiger partial charge in [0.05, 0.1) is 0 Å². The van der Waals surface area contributed by atoms with E-state index in [1.807, 2.05) is 6.26 Å². The second-order valence-corrected chi connectivity index (χ2v) is 3.11. The maximum absolute atomic E-state index is 10.8. The number of hydrogen-bond acceptors (Lipinski definition) is 3. The average molecular weight is 177 g/mol. The summed E-state index contributed by atoms with van der Waals surface area (Å²) < 4.78 is 5.08. The first kappa shape index (κ1) is 10.8. The van der Waals surface area contributed by atoms with E-state index in [9.17, 15) is 4.79 Å². The van der Waals surface area contributed by atoms with E-state index in [0.717, 1.165) is 6.42 Å². The van der Waals surface area contributed by atoms with Gasteiger partial charge in [-0.1, -0.05) is 0 Å². The predicted molar refractivity (Wildman–Crippen MR) is 47.6 cm³/mol. The zero-order valence-corrected chi connectivity index (χ0v) is 8.03. The Morgan fingerprint density at radius 2 is 2.36 bits per heavy atom. The molecule has 1 amide bonds. The van der Waals surface area contributed by atoms with Gasteiger partial charge in [0.25, 0.3) is 0 Å². The molecule has 0 radical (unpaired) electrons. The summed E-state index contributed by atoms with van der Waals surface area (Å²) in [6.07, 6.45) is 3.28. The number of amides is 1. The van der Waals surface area contributed by atoms with Crippen molar-refractivity contribution in [2.45, 2.75) is 18.3 Å². The van der Waals surface area contributed by atoms with E-state index in [2.05, 4.69) is 5.32 Å². The highest BCUT2D eigenvalue weighted by Gasteiger charge is 2.06. The molecule has 0 aromatic rings. The first-order valence-corrected chi connectivity index (χ1v) is 4.79. The third kappa shape index (κ3) is 5.09. The van der Waals surface area contributed by atoms with E-state index in [1.54, 1.807) is 25.9 Å². The summed E-state index contributed by atoms with van der Waals surface area (Å²) in [5.41, 5.74) is 0.146. The average Bonchev–Trinajstić information content (AvgIpc) is 2.06. The molecule has 0 fully saturated rings. The molecule has 0 bridgehead atoms. The van der Waals surface area contributed by atoms with Crippen molar-refractivity contribution in [2.24, 2.45) is 0 Å². The molecule has 0 heterocycles. The van der Waals surface area contributed by atoms with Gasteiger partial charge >= 0.3 is 0 Å². The van der Waals surface area contributed by atoms with Gasteiger partial charge in [-0.3, -0.25) is 4.79 Å². The van der Waals surface area contributed by atoms with Crippen molar-refractivity contribution >= 4 is 17.7 Å². The Balaban J connectivity index is 3.42. The largest absolute Gasteiger partial charge is 0.371 e. The molecule has 0 aliphatic carbocycles. The molecule has 1 unspecified atom stereocenters. The van der Waals surface area contributed by atoms with Gasteiger partial charge in [-0.25, -0.2) is 0 Å². The minimum absolute atomic E-state index is 0.0705. The lowest BCUT2D eigenvalue weighted by Crippen LogP contribution is -2.19. The van der Waals surface area contributed by atoms with Gasteiger partial charge < -0.3 is 10.1 Å². The maximum atomic E-state index is 10.8. The number of methoxy groups -OCH3 is 1. The van der Waals surface area contributed by atoms with Crippen LogP contribution in [0, 0.1) is 0 Å². The molecule has 4 heteroatoms. The molecule has 3 nitrogen and oxygen atoms in total. The van der Waals surface area contributed by atoms with E-state index in [-0.39, 0.29) is 11.3 Å². The zero-order valence-electron chi connectivity index (χ0n) is 7.22. The fraction of sp³-hybridized carbons (Fsp3) is 0.857. The highest BCUT2D eigenvalue weighted by Crippen LogP contribution is 2.12. The molecule has 1 N–H and O–H groups in total. The molecule has 1 atom stereocenters. The van der Waals surface area contributed by atoms with Crippen LogP contribution in [0.2, 0.25) is 0 Å². The number of carbonyl (C=O) groups is 1. The lowest BCUT2D eigenvalue weighted by atomic mass is 10.3. The molecule has 0 saturated heterocycles. The summed E-state index contributed by atoms with van der Waals surface area (Å²) in [4.78, 5) is 10.8. The van der Waals surface area contributed by atoms with Crippen LogP contribution in [-0.2, 0) is 9.53 Å². The zero-order chi connectivity index (χ0) is 8.69. The number of ether oxygens (including phenoxy) is 1. The van der Waals surface area contributed by atoms with E-state index in [4.69, 9.17) is 4.74 Å². The van der Waals surface area contributed by atoms with Crippen LogP contribution in [0.1, 0.15) is 12.8 Å². The summed E-state index contributed by atoms with van der Waals surface area (Å²) in [5.74, 6) is 0.0705. The SMILES string of the molecule is CNC(=O)CCC(OC)SC. The number of carbonyl (C=O) groups excluding carboxylic acids is 1. The van der Waals surface area contributed by atoms with Gasteiger partial charge in [0.2, 0.25) is 5.91 Å². The number of rotatable bonds is 5. The Labute approximate surface area is 71.9 Å². The second-order valence-electron chi connectivity index (χ2n) is 2.11. The summed E-state index contributed by atoms with van der Waals surface area (Å²) in [5, 5.41) is 2.56. The summed E-state index contributed by atoms with van der Waals surface area (Å²) in [6, 6.07) is 0. The van der Waals surface area contributed by atoms with Gasteiger partial charge in [0.15, 0.2) is 0 Å². The van der Waals surface area contributed by atoms with E-state index in [1.165, 1.54) is 0 Å². The van der Waals surface area contributed by atoms with Crippen molar-refractivity contribution in [1.82, 2.24) is 5.32 Å². The third-order valence-electron chi connectivity index (χ3n) is 1.41. The van der Waals surface area contributed by atoms with E-state index in [0.29, 0.717) is 6.42 Å². The first-order valence-electron chi connectivity index (χ1n) is 3.50. The first-order chi connectivity index (χ1) is 5.24. The summed E-state index contributed by atoms with van der Waals surface area (Å²) >= 11 is 1.62. The van der Waals surface area contributed by atoms with Crippen molar-refractivity contribution in [2.75, 3.05) is 20.4 Å². The molecule has 11 heavy (non-hydrogen) atoms. The number of thioether (sulfide) groups is 1. The standard InChI is InChI=1S/C7H15NO2S/c1-8-6(9)4-5-7(10-2)11-3/h7H,4-5H2,1-3H3,(H,8,9). The van der Waals surface area contributed by atoms with Crippen molar-refractivity contribution in [3.8, 4) is 0 Å². The van der Waals surface area contributed by atoms with Crippen LogP contribution in [0.3, 0.4) is 0 Å². The van der Waals surface area contributed by atoms with Crippen LogP contribution in [0.25, 0.3) is 0 Å². The second kappa shape index (κ2) is 6.49. The summed E-state index contributed by atoms with van der Waals surface area (Å²) in [7, 11) is 3.30. The van der Waals surface area contributed by atoms with Crippen LogP contribution in [0.15, 0.2) is 0 Å². The van der Waals surface area contributed by atoms with E-state index >= 15 is 0 Å². The van der Waals surface area contributed by atoms with Crippen LogP contribution in [0.4, 0.5) is 0 Å². The van der Waals surface area contributed by atoms with Crippen molar-refractivity contribution in [3.05, 3.63) is 0 Å². The van der Waals surface area contributed by atoms with Gasteiger partial charge in [-0.05, 0) is 12.7 Å². The third-order valence-corrected chi connectivity index (χ3v) is 2.37. The molecule has 0 aliphatic rings. The fourth-order valence-corrected chi connectivity index (χ4v) is 1.25. The molecule has 0 aliphatic heterocycles. The Bertz CT molecular complexity index is 115. The van der Waals surface area contributed by atoms with Crippen LogP contribution >= 0.6 is 11.8 Å². The topological polar surface area (TPSA) is 38.3 Å².